The zero-order chi connectivity index (χ0) is 20.1. The van der Waals surface area contributed by atoms with Crippen LogP contribution in [0.1, 0.15) is 33.6 Å². The highest BCUT2D eigenvalue weighted by Gasteiger charge is 2.28. The number of benzene rings is 2. The van der Waals surface area contributed by atoms with E-state index in [1.54, 1.807) is 29.2 Å². The highest BCUT2D eigenvalue weighted by Crippen LogP contribution is 2.20. The summed E-state index contributed by atoms with van der Waals surface area (Å²) in [6.45, 7) is 0.945. The van der Waals surface area contributed by atoms with Crippen LogP contribution in [0.3, 0.4) is 0 Å². The minimum atomic E-state index is -0.589. The first-order valence-corrected chi connectivity index (χ1v) is 9.68. The van der Waals surface area contributed by atoms with E-state index in [4.69, 9.17) is 0 Å². The van der Waals surface area contributed by atoms with Crippen molar-refractivity contribution in [1.82, 2.24) is 15.8 Å². The molecule has 7 nitrogen and oxygen atoms in total. The van der Waals surface area contributed by atoms with Crippen LogP contribution in [0.25, 0.3) is 0 Å². The third-order valence-corrected chi connectivity index (χ3v) is 5.22. The minimum Gasteiger partial charge on any atom is -0.507 e. The number of nitrogens with one attached hydrogen (secondary N) is 2. The molecule has 0 spiro atoms. The minimum absolute atomic E-state index is 0.0563. The van der Waals surface area contributed by atoms with Crippen molar-refractivity contribution in [3.63, 3.8) is 0 Å². The number of piperidine rings is 1. The summed E-state index contributed by atoms with van der Waals surface area (Å²) in [6, 6.07) is 13.3. The van der Waals surface area contributed by atoms with Crippen LogP contribution in [-0.2, 0) is 4.79 Å². The van der Waals surface area contributed by atoms with Crippen molar-refractivity contribution in [2.75, 3.05) is 13.1 Å². The van der Waals surface area contributed by atoms with Crippen LogP contribution in [0, 0.1) is 5.92 Å². The van der Waals surface area contributed by atoms with Gasteiger partial charge in [0.05, 0.1) is 5.56 Å². The first-order chi connectivity index (χ1) is 13.5. The molecule has 1 heterocycles. The molecule has 1 aliphatic rings. The Bertz CT molecular complexity index is 877. The van der Waals surface area contributed by atoms with E-state index in [1.807, 2.05) is 12.1 Å². The standard InChI is InChI=1S/C20H20BrN3O4/c21-15-7-5-14(6-8-15)20(28)24-11-9-13(10-12-24)18(26)22-23-19(27)16-3-1-2-4-17(16)25/h1-8,13,25H,9-12H2,(H,22,26)(H,23,27). The van der Waals surface area contributed by atoms with E-state index in [2.05, 4.69) is 26.8 Å². The average Bonchev–Trinajstić information content (AvgIpc) is 2.72. The molecule has 3 N–H and O–H groups in total. The Hall–Kier alpha value is -2.87. The number of phenolic OH excluding ortho intramolecular Hbond substituents is 1. The molecular weight excluding hydrogens is 426 g/mol. The van der Waals surface area contributed by atoms with E-state index in [1.165, 1.54) is 12.1 Å². The summed E-state index contributed by atoms with van der Waals surface area (Å²) in [4.78, 5) is 38.6. The van der Waals surface area contributed by atoms with Gasteiger partial charge in [-0.25, -0.2) is 0 Å². The summed E-state index contributed by atoms with van der Waals surface area (Å²) in [5.41, 5.74) is 5.41. The van der Waals surface area contributed by atoms with Crippen molar-refractivity contribution in [1.29, 1.82) is 0 Å². The lowest BCUT2D eigenvalue weighted by atomic mass is 9.95. The second-order valence-electron chi connectivity index (χ2n) is 6.53. The SMILES string of the molecule is O=C(NNC(=O)C1CCN(C(=O)c2ccc(Br)cc2)CC1)c1ccccc1O. The van der Waals surface area contributed by atoms with Crippen molar-refractivity contribution >= 4 is 33.7 Å². The summed E-state index contributed by atoms with van der Waals surface area (Å²) >= 11 is 3.34. The number of likely N-dealkylation sites (tertiary alicyclic amines) is 1. The highest BCUT2D eigenvalue weighted by molar-refractivity contribution is 9.10. The third kappa shape index (κ3) is 4.69. The number of rotatable bonds is 3. The predicted octanol–water partition coefficient (Wildman–Crippen LogP) is 2.47. The Kier molecular flexibility index (Phi) is 6.30. The van der Waals surface area contributed by atoms with Crippen LogP contribution in [-0.4, -0.2) is 40.8 Å². The van der Waals surface area contributed by atoms with Crippen LogP contribution >= 0.6 is 15.9 Å². The third-order valence-electron chi connectivity index (χ3n) is 4.69. The van der Waals surface area contributed by atoms with Gasteiger partial charge < -0.3 is 10.0 Å². The smallest absolute Gasteiger partial charge is 0.273 e. The zero-order valence-electron chi connectivity index (χ0n) is 15.0. The summed E-state index contributed by atoms with van der Waals surface area (Å²) in [6.07, 6.45) is 1.03. The lowest BCUT2D eigenvalue weighted by molar-refractivity contribution is -0.127. The number of hydrogen-bond donors (Lipinski definition) is 3. The molecule has 1 fully saturated rings. The molecule has 2 aromatic carbocycles. The van der Waals surface area contributed by atoms with E-state index in [-0.39, 0.29) is 29.0 Å². The van der Waals surface area contributed by atoms with Gasteiger partial charge in [-0.1, -0.05) is 28.1 Å². The number of carbonyl (C=O) groups is 3. The van der Waals surface area contributed by atoms with E-state index in [9.17, 15) is 19.5 Å². The normalized spacial score (nSPS) is 14.4. The number of aromatic hydroxyl groups is 1. The van der Waals surface area contributed by atoms with Crippen LogP contribution in [0.2, 0.25) is 0 Å². The van der Waals surface area contributed by atoms with Gasteiger partial charge in [0.15, 0.2) is 0 Å². The quantitative estimate of drug-likeness (QED) is 0.631. The fourth-order valence-corrected chi connectivity index (χ4v) is 3.34. The Labute approximate surface area is 170 Å². The molecule has 0 radical (unpaired) electrons. The number of amides is 3. The number of nitrogens with zero attached hydrogens (tertiary/aromatic N) is 1. The topological polar surface area (TPSA) is 98.7 Å². The Morgan fingerprint density at radius 3 is 2.25 bits per heavy atom. The number of hydrogen-bond acceptors (Lipinski definition) is 4. The van der Waals surface area contributed by atoms with Gasteiger partial charge in [0.1, 0.15) is 5.75 Å². The molecule has 0 saturated carbocycles. The number of phenols is 1. The molecule has 1 saturated heterocycles. The summed E-state index contributed by atoms with van der Waals surface area (Å²) < 4.78 is 0.908. The molecule has 146 valence electrons. The summed E-state index contributed by atoms with van der Waals surface area (Å²) in [7, 11) is 0. The van der Waals surface area contributed by atoms with Gasteiger partial charge in [0, 0.05) is 29.0 Å². The van der Waals surface area contributed by atoms with Crippen molar-refractivity contribution < 1.29 is 19.5 Å². The van der Waals surface area contributed by atoms with E-state index in [0.717, 1.165) is 4.47 Å². The van der Waals surface area contributed by atoms with Crippen LogP contribution in [0.15, 0.2) is 53.0 Å². The van der Waals surface area contributed by atoms with Gasteiger partial charge in [-0.3, -0.25) is 25.2 Å². The molecule has 1 aliphatic heterocycles. The summed E-state index contributed by atoms with van der Waals surface area (Å²) in [5, 5.41) is 9.67. The van der Waals surface area contributed by atoms with Gasteiger partial charge in [-0.15, -0.1) is 0 Å². The Morgan fingerprint density at radius 2 is 1.61 bits per heavy atom. The highest BCUT2D eigenvalue weighted by atomic mass is 79.9. The number of halogens is 1. The summed E-state index contributed by atoms with van der Waals surface area (Å²) in [5.74, 6) is -1.40. The molecule has 28 heavy (non-hydrogen) atoms. The maximum atomic E-state index is 12.5. The van der Waals surface area contributed by atoms with E-state index >= 15 is 0 Å². The lowest BCUT2D eigenvalue weighted by Gasteiger charge is -2.31. The predicted molar refractivity (Wildman–Crippen MR) is 106 cm³/mol. The molecule has 0 atom stereocenters. The van der Waals surface area contributed by atoms with Crippen molar-refractivity contribution in [2.45, 2.75) is 12.8 Å². The number of para-hydroxylation sites is 1. The Morgan fingerprint density at radius 1 is 0.964 bits per heavy atom. The lowest BCUT2D eigenvalue weighted by Crippen LogP contribution is -2.48. The van der Waals surface area contributed by atoms with Gasteiger partial charge >= 0.3 is 0 Å². The second-order valence-corrected chi connectivity index (χ2v) is 7.45. The molecule has 0 aromatic heterocycles. The van der Waals surface area contributed by atoms with Crippen LogP contribution in [0.4, 0.5) is 0 Å². The fourth-order valence-electron chi connectivity index (χ4n) is 3.07. The largest absolute Gasteiger partial charge is 0.507 e. The molecule has 0 aliphatic carbocycles. The second kappa shape index (κ2) is 8.88. The van der Waals surface area contributed by atoms with Crippen molar-refractivity contribution in [2.24, 2.45) is 5.92 Å². The zero-order valence-corrected chi connectivity index (χ0v) is 16.6. The van der Waals surface area contributed by atoms with Crippen molar-refractivity contribution in [3.8, 4) is 5.75 Å². The Balaban J connectivity index is 1.48. The molecular formula is C20H20BrN3O4. The van der Waals surface area contributed by atoms with Gasteiger partial charge in [-0.2, -0.15) is 0 Å². The number of hydrazine groups is 1. The average molecular weight is 446 g/mol. The van der Waals surface area contributed by atoms with E-state index in [0.29, 0.717) is 31.5 Å². The maximum Gasteiger partial charge on any atom is 0.273 e. The first kappa shape index (κ1) is 19.9. The molecule has 8 heteroatoms. The molecule has 0 unspecified atom stereocenters. The van der Waals surface area contributed by atoms with Crippen molar-refractivity contribution in [3.05, 3.63) is 64.1 Å². The molecule has 0 bridgehead atoms. The van der Waals surface area contributed by atoms with E-state index < -0.39 is 5.91 Å². The maximum absolute atomic E-state index is 12.5. The number of carbonyl (C=O) groups excluding carboxylic acids is 3. The first-order valence-electron chi connectivity index (χ1n) is 8.88. The van der Waals surface area contributed by atoms with Crippen LogP contribution in [0.5, 0.6) is 5.75 Å². The van der Waals surface area contributed by atoms with Crippen LogP contribution < -0.4 is 10.9 Å². The van der Waals surface area contributed by atoms with Gasteiger partial charge in [-0.05, 0) is 49.2 Å². The molecule has 2 aromatic rings. The molecule has 3 rings (SSSR count). The fraction of sp³-hybridized carbons (Fsp3) is 0.250. The molecule has 3 amide bonds. The van der Waals surface area contributed by atoms with Gasteiger partial charge in [0.2, 0.25) is 5.91 Å². The van der Waals surface area contributed by atoms with Gasteiger partial charge in [0.25, 0.3) is 11.8 Å². The monoisotopic (exact) mass is 445 g/mol.